The van der Waals surface area contributed by atoms with E-state index in [1.54, 1.807) is 48.5 Å². The first-order valence-electron chi connectivity index (χ1n) is 8.28. The van der Waals surface area contributed by atoms with Crippen molar-refractivity contribution >= 4 is 25.2 Å². The Morgan fingerprint density at radius 3 is 1.74 bits per heavy atom. The Bertz CT molecular complexity index is 736. The lowest BCUT2D eigenvalue weighted by Crippen LogP contribution is -2.18. The van der Waals surface area contributed by atoms with Crippen molar-refractivity contribution in [1.82, 2.24) is 0 Å². The lowest BCUT2D eigenvalue weighted by atomic mass is 10.2. The van der Waals surface area contributed by atoms with Gasteiger partial charge in [0.2, 0.25) is 0 Å². The first-order chi connectivity index (χ1) is 12.5. The summed E-state index contributed by atoms with van der Waals surface area (Å²) in [5, 5.41) is 24.6. The summed E-state index contributed by atoms with van der Waals surface area (Å²) < 4.78 is 11.1. The van der Waals surface area contributed by atoms with E-state index in [4.69, 9.17) is 31.8 Å². The average Bonchev–Trinajstić information content (AvgIpc) is 2.64. The van der Waals surface area contributed by atoms with Gasteiger partial charge in [-0.1, -0.05) is 0 Å². The van der Waals surface area contributed by atoms with Crippen molar-refractivity contribution in [3.8, 4) is 11.5 Å². The van der Waals surface area contributed by atoms with Crippen LogP contribution in [0.25, 0.3) is 0 Å². The second kappa shape index (κ2) is 11.1. The number of nitrogens with one attached hydrogen (secondary N) is 2. The van der Waals surface area contributed by atoms with Crippen molar-refractivity contribution in [2.45, 2.75) is 18.9 Å². The topological polar surface area (TPSA) is 138 Å². The Kier molecular flexibility index (Phi) is 9.18. The number of aliphatic hydroxyl groups excluding tert-OH is 1. The summed E-state index contributed by atoms with van der Waals surface area (Å²) in [5.74, 6) is 1.35. The van der Waals surface area contributed by atoms with Crippen LogP contribution in [-0.4, -0.2) is 36.1 Å². The molecule has 0 aliphatic carbocycles. The van der Waals surface area contributed by atoms with Gasteiger partial charge in [0.1, 0.15) is 29.8 Å². The van der Waals surface area contributed by atoms with Gasteiger partial charge >= 0.3 is 0 Å². The summed E-state index contributed by atoms with van der Waals surface area (Å²) in [6, 6.07) is 13.8. The molecule has 0 aromatic heterocycles. The fraction of sp³-hybridized carbons (Fsp3) is 0.263. The van der Waals surface area contributed by atoms with Crippen LogP contribution in [-0.2, 0) is 0 Å². The van der Waals surface area contributed by atoms with Crippen molar-refractivity contribution < 1.29 is 14.6 Å². The molecule has 7 nitrogen and oxygen atoms in total. The minimum Gasteiger partial charge on any atom is -0.494 e. The lowest BCUT2D eigenvalue weighted by Gasteiger charge is -2.13. The summed E-state index contributed by atoms with van der Waals surface area (Å²) in [6.45, 7) is 0.663. The zero-order valence-electron chi connectivity index (χ0n) is 14.9. The molecule has 146 valence electrons. The van der Waals surface area contributed by atoms with E-state index in [1.165, 1.54) is 0 Å². The van der Waals surface area contributed by atoms with Gasteiger partial charge in [-0.25, -0.2) is 0 Å². The first-order valence-corrected chi connectivity index (χ1v) is 8.28. The molecule has 8 heteroatoms. The van der Waals surface area contributed by atoms with Crippen LogP contribution >= 0.6 is 13.5 Å². The number of hydrogen-bond donors (Lipinski definition) is 5. The van der Waals surface area contributed by atoms with Crippen LogP contribution in [0.2, 0.25) is 0 Å². The lowest BCUT2D eigenvalue weighted by molar-refractivity contribution is 0.0938. The summed E-state index contributed by atoms with van der Waals surface area (Å²) in [5.41, 5.74) is 12.1. The minimum atomic E-state index is -0.592. The number of nitrogen functional groups attached to an aromatic ring is 2. The monoisotopic (exact) mass is 390 g/mol. The molecule has 2 aromatic rings. The number of aliphatic hydroxyl groups is 1. The molecule has 0 heterocycles. The third kappa shape index (κ3) is 7.59. The van der Waals surface area contributed by atoms with Crippen molar-refractivity contribution in [1.29, 1.82) is 10.8 Å². The minimum absolute atomic E-state index is 0. The molecule has 0 spiro atoms. The Balaban J connectivity index is 0.00000364. The molecule has 27 heavy (non-hydrogen) atoms. The number of ether oxygens (including phenoxy) is 2. The van der Waals surface area contributed by atoms with Crippen LogP contribution in [0.1, 0.15) is 24.0 Å². The quantitative estimate of drug-likeness (QED) is 0.240. The van der Waals surface area contributed by atoms with Crippen molar-refractivity contribution in [3.05, 3.63) is 59.7 Å². The molecule has 1 atom stereocenters. The summed E-state index contributed by atoms with van der Waals surface area (Å²) in [7, 11) is 0. The smallest absolute Gasteiger partial charge is 0.122 e. The van der Waals surface area contributed by atoms with Gasteiger partial charge in [-0.15, -0.1) is 0 Å². The molecule has 0 radical (unpaired) electrons. The molecule has 0 amide bonds. The predicted octanol–water partition coefficient (Wildman–Crippen LogP) is 1.97. The molecule has 0 saturated carbocycles. The van der Waals surface area contributed by atoms with E-state index < -0.39 is 6.10 Å². The highest BCUT2D eigenvalue weighted by Gasteiger charge is 2.06. The molecule has 1 unspecified atom stereocenters. The highest BCUT2D eigenvalue weighted by molar-refractivity contribution is 7.59. The van der Waals surface area contributed by atoms with E-state index in [0.29, 0.717) is 42.1 Å². The molecular formula is C19H26N4O3S. The van der Waals surface area contributed by atoms with Crippen molar-refractivity contribution in [2.24, 2.45) is 11.5 Å². The van der Waals surface area contributed by atoms with Gasteiger partial charge in [-0.05, 0) is 61.4 Å². The maximum absolute atomic E-state index is 9.98. The first kappa shape index (κ1) is 22.3. The van der Waals surface area contributed by atoms with Gasteiger partial charge in [0.25, 0.3) is 0 Å². The zero-order chi connectivity index (χ0) is 18.9. The second-order valence-corrected chi connectivity index (χ2v) is 5.83. The maximum Gasteiger partial charge on any atom is 0.122 e. The van der Waals surface area contributed by atoms with Crippen molar-refractivity contribution in [2.75, 3.05) is 13.2 Å². The third-order valence-corrected chi connectivity index (χ3v) is 3.72. The summed E-state index contributed by atoms with van der Waals surface area (Å²) in [6.07, 6.45) is 0.644. The van der Waals surface area contributed by atoms with Crippen LogP contribution < -0.4 is 20.9 Å². The molecule has 0 saturated heterocycles. The number of benzene rings is 2. The molecular weight excluding hydrogens is 364 g/mol. The van der Waals surface area contributed by atoms with E-state index in [0.717, 1.165) is 0 Å². The van der Waals surface area contributed by atoms with Crippen molar-refractivity contribution in [3.63, 3.8) is 0 Å². The average molecular weight is 391 g/mol. The van der Waals surface area contributed by atoms with Crippen LogP contribution in [0.5, 0.6) is 11.5 Å². The molecule has 7 N–H and O–H groups in total. The summed E-state index contributed by atoms with van der Waals surface area (Å²) in [4.78, 5) is 0. The SMILES string of the molecule is N=C(N)c1ccc(OCCCC(O)COc2ccc(C(=N)N)cc2)cc1.S. The van der Waals surface area contributed by atoms with E-state index >= 15 is 0 Å². The van der Waals surface area contributed by atoms with Gasteiger partial charge in [0.15, 0.2) is 0 Å². The second-order valence-electron chi connectivity index (χ2n) is 5.83. The largest absolute Gasteiger partial charge is 0.494 e. The Morgan fingerprint density at radius 1 is 0.852 bits per heavy atom. The number of amidine groups is 2. The molecule has 0 fully saturated rings. The highest BCUT2D eigenvalue weighted by Crippen LogP contribution is 2.14. The van der Waals surface area contributed by atoms with E-state index in [1.807, 2.05) is 0 Å². The fourth-order valence-electron chi connectivity index (χ4n) is 2.25. The van der Waals surface area contributed by atoms with Crippen LogP contribution in [0.3, 0.4) is 0 Å². The molecule has 2 rings (SSSR count). The maximum atomic E-state index is 9.98. The van der Waals surface area contributed by atoms with Gasteiger partial charge in [0.05, 0.1) is 12.7 Å². The Labute approximate surface area is 165 Å². The fourth-order valence-corrected chi connectivity index (χ4v) is 2.25. The predicted molar refractivity (Wildman–Crippen MR) is 112 cm³/mol. The van der Waals surface area contributed by atoms with E-state index in [2.05, 4.69) is 0 Å². The van der Waals surface area contributed by atoms with E-state index in [-0.39, 0.29) is 31.8 Å². The van der Waals surface area contributed by atoms with Crippen LogP contribution in [0.4, 0.5) is 0 Å². The van der Waals surface area contributed by atoms with Gasteiger partial charge in [0, 0.05) is 11.1 Å². The highest BCUT2D eigenvalue weighted by atomic mass is 32.1. The number of hydrogen-bond acceptors (Lipinski definition) is 5. The molecule has 0 bridgehead atoms. The number of nitrogens with two attached hydrogens (primary N) is 2. The van der Waals surface area contributed by atoms with Crippen LogP contribution in [0, 0.1) is 10.8 Å². The zero-order valence-corrected chi connectivity index (χ0v) is 15.9. The third-order valence-electron chi connectivity index (χ3n) is 3.72. The molecule has 2 aromatic carbocycles. The normalized spacial score (nSPS) is 11.1. The molecule has 0 aliphatic heterocycles. The number of rotatable bonds is 10. The Hall–Kier alpha value is -2.71. The van der Waals surface area contributed by atoms with Gasteiger partial charge in [-0.2, -0.15) is 13.5 Å². The Morgan fingerprint density at radius 2 is 1.30 bits per heavy atom. The van der Waals surface area contributed by atoms with Crippen LogP contribution in [0.15, 0.2) is 48.5 Å². The van der Waals surface area contributed by atoms with Gasteiger partial charge in [-0.3, -0.25) is 10.8 Å². The summed E-state index contributed by atoms with van der Waals surface area (Å²) >= 11 is 0. The van der Waals surface area contributed by atoms with E-state index in [9.17, 15) is 5.11 Å². The van der Waals surface area contributed by atoms with Gasteiger partial charge < -0.3 is 26.0 Å². The standard InChI is InChI=1S/C19H24N4O3.H2S/c20-18(21)13-3-7-16(8-4-13)25-11-1-2-15(24)12-26-17-9-5-14(6-10-17)19(22)23;/h3-10,15,24H,1-2,11-12H2,(H3,20,21)(H3,22,23);1H2. The molecule has 0 aliphatic rings.